The van der Waals surface area contributed by atoms with Gasteiger partial charge in [0, 0.05) is 49.3 Å². The Hall–Kier alpha value is -2.91. The van der Waals surface area contributed by atoms with Crippen LogP contribution in [0.3, 0.4) is 0 Å². The molecule has 1 fully saturated rings. The highest BCUT2D eigenvalue weighted by Gasteiger charge is 2.43. The monoisotopic (exact) mass is 437 g/mol. The van der Waals surface area contributed by atoms with E-state index in [2.05, 4.69) is 26.2 Å². The Morgan fingerprint density at radius 2 is 2.13 bits per heavy atom. The van der Waals surface area contributed by atoms with Crippen molar-refractivity contribution in [2.24, 2.45) is 0 Å². The minimum Gasteiger partial charge on any atom is -0.369 e. The van der Waals surface area contributed by atoms with Crippen LogP contribution in [0, 0.1) is 0 Å². The van der Waals surface area contributed by atoms with Gasteiger partial charge in [0.05, 0.1) is 29.1 Å². The molecule has 5 rings (SSSR count). The molecular weight excluding hydrogens is 414 g/mol. The summed E-state index contributed by atoms with van der Waals surface area (Å²) >= 11 is 1.74. The molecule has 2 aliphatic heterocycles. The smallest absolute Gasteiger partial charge is 0.264 e. The normalized spacial score (nSPS) is 17.5. The number of hydrogen-bond acceptors (Lipinski definition) is 7. The van der Waals surface area contributed by atoms with Crippen molar-refractivity contribution in [2.75, 3.05) is 19.7 Å². The average Bonchev–Trinajstić information content (AvgIpc) is 3.26. The molecule has 0 aromatic carbocycles. The van der Waals surface area contributed by atoms with Crippen molar-refractivity contribution >= 4 is 17.2 Å². The second-order valence-corrected chi connectivity index (χ2v) is 8.99. The van der Waals surface area contributed by atoms with Crippen LogP contribution in [0.25, 0.3) is 10.6 Å². The van der Waals surface area contributed by atoms with Crippen LogP contribution in [0.4, 0.5) is 0 Å². The zero-order valence-electron chi connectivity index (χ0n) is 17.0. The SMILES string of the molecule is O=C(CCc1ccc(=O)[nH]n1)N1CCC2(CC1)OCCc1cc(-c3cnccn3)sc12. The summed E-state index contributed by atoms with van der Waals surface area (Å²) in [6.07, 6.45) is 8.59. The van der Waals surface area contributed by atoms with Gasteiger partial charge in [-0.15, -0.1) is 11.3 Å². The quantitative estimate of drug-likeness (QED) is 0.672. The van der Waals surface area contributed by atoms with E-state index in [0.717, 1.165) is 35.5 Å². The maximum absolute atomic E-state index is 12.7. The number of thiophene rings is 1. The predicted molar refractivity (Wildman–Crippen MR) is 116 cm³/mol. The van der Waals surface area contributed by atoms with Gasteiger partial charge >= 0.3 is 0 Å². The molecule has 0 aliphatic carbocycles. The van der Waals surface area contributed by atoms with Gasteiger partial charge < -0.3 is 9.64 Å². The lowest BCUT2D eigenvalue weighted by Crippen LogP contribution is -2.47. The Kier molecular flexibility index (Phi) is 5.37. The Morgan fingerprint density at radius 3 is 2.87 bits per heavy atom. The molecule has 0 atom stereocenters. The van der Waals surface area contributed by atoms with Crippen LogP contribution in [0.1, 0.15) is 35.4 Å². The summed E-state index contributed by atoms with van der Waals surface area (Å²) < 4.78 is 6.34. The number of aromatic amines is 1. The molecule has 1 saturated heterocycles. The maximum atomic E-state index is 12.7. The Labute approximate surface area is 183 Å². The molecule has 1 spiro atoms. The molecule has 160 valence electrons. The first-order valence-corrected chi connectivity index (χ1v) is 11.3. The van der Waals surface area contributed by atoms with Crippen molar-refractivity contribution < 1.29 is 9.53 Å². The Bertz CT molecular complexity index is 1120. The number of nitrogens with one attached hydrogen (secondary N) is 1. The van der Waals surface area contributed by atoms with Crippen LogP contribution in [0.2, 0.25) is 0 Å². The lowest BCUT2D eigenvalue weighted by Gasteiger charge is -2.43. The summed E-state index contributed by atoms with van der Waals surface area (Å²) in [5.41, 5.74) is 2.40. The van der Waals surface area contributed by atoms with Crippen LogP contribution in [-0.4, -0.2) is 50.7 Å². The molecule has 2 aliphatic rings. The Balaban J connectivity index is 1.26. The van der Waals surface area contributed by atoms with Gasteiger partial charge in [-0.1, -0.05) is 0 Å². The molecule has 0 radical (unpaired) electrons. The van der Waals surface area contributed by atoms with Gasteiger partial charge in [0.15, 0.2) is 0 Å². The van der Waals surface area contributed by atoms with Crippen molar-refractivity contribution in [1.82, 2.24) is 25.1 Å². The van der Waals surface area contributed by atoms with E-state index in [9.17, 15) is 9.59 Å². The van der Waals surface area contributed by atoms with E-state index >= 15 is 0 Å². The molecule has 0 unspecified atom stereocenters. The first-order valence-electron chi connectivity index (χ1n) is 10.5. The predicted octanol–water partition coefficient (Wildman–Crippen LogP) is 2.31. The summed E-state index contributed by atoms with van der Waals surface area (Å²) in [4.78, 5) is 36.8. The van der Waals surface area contributed by atoms with E-state index in [4.69, 9.17) is 4.74 Å². The highest BCUT2D eigenvalue weighted by Crippen LogP contribution is 2.47. The molecule has 3 aromatic heterocycles. The molecule has 9 heteroatoms. The maximum Gasteiger partial charge on any atom is 0.264 e. The number of carbonyl (C=O) groups excluding carboxylic acids is 1. The first-order chi connectivity index (χ1) is 15.1. The van der Waals surface area contributed by atoms with Gasteiger partial charge in [0.1, 0.15) is 5.60 Å². The second kappa shape index (κ2) is 8.32. The van der Waals surface area contributed by atoms with Gasteiger partial charge in [-0.2, -0.15) is 5.10 Å². The number of piperidine rings is 1. The van der Waals surface area contributed by atoms with Gasteiger partial charge in [-0.05, 0) is 37.0 Å². The van der Waals surface area contributed by atoms with Crippen LogP contribution in [-0.2, 0) is 28.0 Å². The molecule has 1 amide bonds. The number of aryl methyl sites for hydroxylation is 1. The third kappa shape index (κ3) is 4.03. The van der Waals surface area contributed by atoms with E-state index in [1.54, 1.807) is 36.0 Å². The molecule has 3 aromatic rings. The summed E-state index contributed by atoms with van der Waals surface area (Å²) in [5.74, 6) is 0.116. The summed E-state index contributed by atoms with van der Waals surface area (Å²) in [6, 6.07) is 5.33. The molecular formula is C22H23N5O3S. The third-order valence-electron chi connectivity index (χ3n) is 6.04. The highest BCUT2D eigenvalue weighted by atomic mass is 32.1. The fourth-order valence-electron chi connectivity index (χ4n) is 4.37. The molecule has 1 N–H and O–H groups in total. The summed E-state index contributed by atoms with van der Waals surface area (Å²) in [7, 11) is 0. The topological polar surface area (TPSA) is 101 Å². The van der Waals surface area contributed by atoms with Crippen molar-refractivity contribution in [1.29, 1.82) is 0 Å². The molecule has 0 saturated carbocycles. The first kappa shape index (κ1) is 20.0. The minimum absolute atomic E-state index is 0.116. The number of amides is 1. The van der Waals surface area contributed by atoms with E-state index in [0.29, 0.717) is 32.5 Å². The largest absolute Gasteiger partial charge is 0.369 e. The highest BCUT2D eigenvalue weighted by molar-refractivity contribution is 7.15. The van der Waals surface area contributed by atoms with Crippen LogP contribution < -0.4 is 5.56 Å². The standard InChI is InChI=1S/C22H23N5O3S/c28-19-3-1-16(25-26-19)2-4-20(29)27-10-6-22(7-11-27)21-15(5-12-30-22)13-18(31-21)17-14-23-8-9-24-17/h1,3,8-9,13-14H,2,4-7,10-12H2,(H,26,28). The van der Waals surface area contributed by atoms with E-state index in [1.807, 2.05) is 4.90 Å². The van der Waals surface area contributed by atoms with Crippen LogP contribution in [0.5, 0.6) is 0 Å². The number of hydrogen-bond donors (Lipinski definition) is 1. The number of rotatable bonds is 4. The molecule has 5 heterocycles. The number of aromatic nitrogens is 4. The van der Waals surface area contributed by atoms with Gasteiger partial charge in [0.25, 0.3) is 5.56 Å². The fraction of sp³-hybridized carbons (Fsp3) is 0.409. The van der Waals surface area contributed by atoms with Crippen molar-refractivity contribution in [3.8, 4) is 10.6 Å². The van der Waals surface area contributed by atoms with E-state index < -0.39 is 0 Å². The zero-order chi connectivity index (χ0) is 21.3. The average molecular weight is 438 g/mol. The van der Waals surface area contributed by atoms with Crippen molar-refractivity contribution in [3.05, 3.63) is 63.3 Å². The number of ether oxygens (including phenoxy) is 1. The van der Waals surface area contributed by atoms with Crippen LogP contribution in [0.15, 0.2) is 41.6 Å². The van der Waals surface area contributed by atoms with Gasteiger partial charge in [-0.25, -0.2) is 5.10 Å². The zero-order valence-corrected chi connectivity index (χ0v) is 17.9. The second-order valence-electron chi connectivity index (χ2n) is 7.94. The number of nitrogens with zero attached hydrogens (tertiary/aromatic N) is 4. The summed E-state index contributed by atoms with van der Waals surface area (Å²) in [5, 5.41) is 6.39. The summed E-state index contributed by atoms with van der Waals surface area (Å²) in [6.45, 7) is 2.06. The van der Waals surface area contributed by atoms with Crippen LogP contribution >= 0.6 is 11.3 Å². The Morgan fingerprint density at radius 1 is 1.26 bits per heavy atom. The number of likely N-dealkylation sites (tertiary alicyclic amines) is 1. The minimum atomic E-state index is -0.310. The molecule has 8 nitrogen and oxygen atoms in total. The molecule has 0 bridgehead atoms. The third-order valence-corrected chi connectivity index (χ3v) is 7.43. The lowest BCUT2D eigenvalue weighted by atomic mass is 9.85. The van der Waals surface area contributed by atoms with Gasteiger partial charge in [-0.3, -0.25) is 19.6 Å². The van der Waals surface area contributed by atoms with E-state index in [1.165, 1.54) is 16.5 Å². The molecule has 31 heavy (non-hydrogen) atoms. The van der Waals surface area contributed by atoms with Crippen molar-refractivity contribution in [3.63, 3.8) is 0 Å². The number of fused-ring (bicyclic) bond motifs is 2. The fourth-order valence-corrected chi connectivity index (χ4v) is 5.74. The van der Waals surface area contributed by atoms with E-state index in [-0.39, 0.29) is 17.1 Å². The lowest BCUT2D eigenvalue weighted by molar-refractivity contribution is -0.140. The van der Waals surface area contributed by atoms with Crippen molar-refractivity contribution in [2.45, 2.75) is 37.7 Å². The van der Waals surface area contributed by atoms with Gasteiger partial charge in [0.2, 0.25) is 5.91 Å². The number of H-pyrrole nitrogens is 1. The number of carbonyl (C=O) groups is 1.